The van der Waals surface area contributed by atoms with Crippen LogP contribution in [0.25, 0.3) is 5.69 Å². The minimum atomic E-state index is -0.897. The molecule has 0 aliphatic heterocycles. The molecule has 5 nitrogen and oxygen atoms in total. The molecular formula is C11H9BrClN3O2S. The van der Waals surface area contributed by atoms with Crippen molar-refractivity contribution in [2.45, 2.75) is 12.1 Å². The van der Waals surface area contributed by atoms with E-state index in [0.29, 0.717) is 16.0 Å². The van der Waals surface area contributed by atoms with Gasteiger partial charge in [-0.05, 0) is 41.1 Å². The second kappa shape index (κ2) is 5.94. The van der Waals surface area contributed by atoms with Crippen molar-refractivity contribution in [2.24, 2.45) is 0 Å². The third-order valence-corrected chi connectivity index (χ3v) is 4.43. The maximum absolute atomic E-state index is 10.6. The number of carboxylic acids is 1. The first-order valence-corrected chi connectivity index (χ1v) is 7.36. The van der Waals surface area contributed by atoms with Gasteiger partial charge >= 0.3 is 5.97 Å². The molecule has 0 radical (unpaired) electrons. The summed E-state index contributed by atoms with van der Waals surface area (Å²) in [4.78, 5) is 10.6. The second-order valence-electron chi connectivity index (χ2n) is 3.65. The number of thioether (sulfide) groups is 1. The van der Waals surface area contributed by atoms with Gasteiger partial charge in [0.1, 0.15) is 5.82 Å². The minimum Gasteiger partial charge on any atom is -0.481 e. The Bertz CT molecular complexity index is 632. The van der Waals surface area contributed by atoms with Gasteiger partial charge in [-0.3, -0.25) is 9.36 Å². The van der Waals surface area contributed by atoms with Crippen molar-refractivity contribution in [1.82, 2.24) is 14.8 Å². The molecule has 1 heterocycles. The number of carbonyl (C=O) groups is 1. The molecule has 1 aromatic carbocycles. The first-order chi connectivity index (χ1) is 8.99. The maximum Gasteiger partial charge on any atom is 0.313 e. The fourth-order valence-electron chi connectivity index (χ4n) is 1.48. The van der Waals surface area contributed by atoms with Gasteiger partial charge in [0.15, 0.2) is 5.16 Å². The highest BCUT2D eigenvalue weighted by Gasteiger charge is 2.13. The van der Waals surface area contributed by atoms with Crippen LogP contribution in [0.4, 0.5) is 0 Å². The van der Waals surface area contributed by atoms with Gasteiger partial charge < -0.3 is 5.11 Å². The second-order valence-corrected chi connectivity index (χ2v) is 5.85. The van der Waals surface area contributed by atoms with Gasteiger partial charge in [0.25, 0.3) is 0 Å². The number of benzene rings is 1. The molecule has 0 aliphatic carbocycles. The van der Waals surface area contributed by atoms with Gasteiger partial charge in [0.05, 0.1) is 16.5 Å². The summed E-state index contributed by atoms with van der Waals surface area (Å²) in [7, 11) is 0. The summed E-state index contributed by atoms with van der Waals surface area (Å²) in [6.45, 7) is 1.80. The van der Waals surface area contributed by atoms with E-state index < -0.39 is 5.97 Å². The number of aryl methyl sites for hydroxylation is 1. The Balaban J connectivity index is 2.40. The first-order valence-electron chi connectivity index (χ1n) is 5.21. The Morgan fingerprint density at radius 2 is 2.26 bits per heavy atom. The molecule has 0 saturated carbocycles. The van der Waals surface area contributed by atoms with Gasteiger partial charge in [0, 0.05) is 4.47 Å². The Hall–Kier alpha value is -1.05. The average molecular weight is 363 g/mol. The van der Waals surface area contributed by atoms with Crippen molar-refractivity contribution in [3.8, 4) is 5.69 Å². The van der Waals surface area contributed by atoms with Gasteiger partial charge in [0.2, 0.25) is 0 Å². The summed E-state index contributed by atoms with van der Waals surface area (Å²) < 4.78 is 2.56. The van der Waals surface area contributed by atoms with Crippen LogP contribution in [0.3, 0.4) is 0 Å². The number of aliphatic carboxylic acids is 1. The van der Waals surface area contributed by atoms with E-state index in [1.54, 1.807) is 17.6 Å². The molecule has 100 valence electrons. The van der Waals surface area contributed by atoms with Crippen LogP contribution in [-0.2, 0) is 4.79 Å². The number of halogens is 2. The lowest BCUT2D eigenvalue weighted by Crippen LogP contribution is -2.03. The monoisotopic (exact) mass is 361 g/mol. The molecule has 0 unspecified atom stereocenters. The molecule has 0 aliphatic rings. The lowest BCUT2D eigenvalue weighted by Gasteiger charge is -2.08. The molecule has 2 aromatic rings. The maximum atomic E-state index is 10.6. The summed E-state index contributed by atoms with van der Waals surface area (Å²) in [6.07, 6.45) is 0. The zero-order valence-electron chi connectivity index (χ0n) is 9.80. The van der Waals surface area contributed by atoms with Gasteiger partial charge in [-0.15, -0.1) is 10.2 Å². The predicted molar refractivity (Wildman–Crippen MR) is 77.2 cm³/mol. The third-order valence-electron chi connectivity index (χ3n) is 2.28. The SMILES string of the molecule is Cc1nnc(SCC(=O)O)n1-c1ccc(Br)c(Cl)c1. The molecule has 2 rings (SSSR count). The smallest absolute Gasteiger partial charge is 0.313 e. The molecule has 1 N–H and O–H groups in total. The zero-order valence-corrected chi connectivity index (χ0v) is 13.0. The molecule has 0 saturated heterocycles. The van der Waals surface area contributed by atoms with Crippen LogP contribution in [0, 0.1) is 6.92 Å². The third kappa shape index (κ3) is 3.29. The van der Waals surface area contributed by atoms with Crippen LogP contribution >= 0.6 is 39.3 Å². The molecular weight excluding hydrogens is 354 g/mol. The van der Waals surface area contributed by atoms with Gasteiger partial charge in [-0.2, -0.15) is 0 Å². The Labute approximate surface area is 127 Å². The summed E-state index contributed by atoms with van der Waals surface area (Å²) in [5.74, 6) is -0.292. The standard InChI is InChI=1S/C11H9BrClN3O2S/c1-6-14-15-11(19-5-10(17)18)16(6)7-2-3-8(12)9(13)4-7/h2-4H,5H2,1H3,(H,17,18). The van der Waals surface area contributed by atoms with E-state index in [1.807, 2.05) is 12.1 Å². The van der Waals surface area contributed by atoms with Crippen molar-refractivity contribution >= 4 is 45.3 Å². The van der Waals surface area contributed by atoms with Crippen LogP contribution in [-0.4, -0.2) is 31.6 Å². The molecule has 0 spiro atoms. The van der Waals surface area contributed by atoms with E-state index in [0.717, 1.165) is 21.9 Å². The van der Waals surface area contributed by atoms with Crippen molar-refractivity contribution in [1.29, 1.82) is 0 Å². The fourth-order valence-corrected chi connectivity index (χ4v) is 2.62. The van der Waals surface area contributed by atoms with Crippen LogP contribution in [0.15, 0.2) is 27.8 Å². The molecule has 0 amide bonds. The van der Waals surface area contributed by atoms with Crippen molar-refractivity contribution in [2.75, 3.05) is 5.75 Å². The molecule has 19 heavy (non-hydrogen) atoms. The topological polar surface area (TPSA) is 68.0 Å². The van der Waals surface area contributed by atoms with E-state index in [-0.39, 0.29) is 5.75 Å². The highest BCUT2D eigenvalue weighted by Crippen LogP contribution is 2.28. The van der Waals surface area contributed by atoms with Gasteiger partial charge in [-0.1, -0.05) is 23.4 Å². The van der Waals surface area contributed by atoms with E-state index in [1.165, 1.54) is 0 Å². The van der Waals surface area contributed by atoms with E-state index in [9.17, 15) is 4.79 Å². The summed E-state index contributed by atoms with van der Waals surface area (Å²) in [5.41, 5.74) is 0.795. The number of hydrogen-bond acceptors (Lipinski definition) is 4. The molecule has 1 aromatic heterocycles. The number of hydrogen-bond donors (Lipinski definition) is 1. The molecule has 0 atom stereocenters. The predicted octanol–water partition coefficient (Wildman–Crippen LogP) is 3.17. The van der Waals surface area contributed by atoms with Crippen LogP contribution in [0.2, 0.25) is 5.02 Å². The van der Waals surface area contributed by atoms with E-state index >= 15 is 0 Å². The lowest BCUT2D eigenvalue weighted by molar-refractivity contribution is -0.133. The Morgan fingerprint density at radius 3 is 2.89 bits per heavy atom. The number of carboxylic acid groups (broad SMARTS) is 1. The Morgan fingerprint density at radius 1 is 1.53 bits per heavy atom. The fraction of sp³-hybridized carbons (Fsp3) is 0.182. The van der Waals surface area contributed by atoms with Crippen LogP contribution in [0.1, 0.15) is 5.82 Å². The highest BCUT2D eigenvalue weighted by molar-refractivity contribution is 9.10. The molecule has 8 heteroatoms. The largest absolute Gasteiger partial charge is 0.481 e. The van der Waals surface area contributed by atoms with Crippen molar-refractivity contribution < 1.29 is 9.90 Å². The van der Waals surface area contributed by atoms with E-state index in [2.05, 4.69) is 26.1 Å². The first kappa shape index (κ1) is 14.4. The van der Waals surface area contributed by atoms with Gasteiger partial charge in [-0.25, -0.2) is 0 Å². The summed E-state index contributed by atoms with van der Waals surface area (Å²) in [5, 5.41) is 17.8. The van der Waals surface area contributed by atoms with Crippen molar-refractivity contribution in [3.05, 3.63) is 33.5 Å². The van der Waals surface area contributed by atoms with E-state index in [4.69, 9.17) is 16.7 Å². The summed E-state index contributed by atoms with van der Waals surface area (Å²) >= 11 is 10.5. The molecule has 0 bridgehead atoms. The summed E-state index contributed by atoms with van der Waals surface area (Å²) in [6, 6.07) is 5.45. The lowest BCUT2D eigenvalue weighted by atomic mass is 10.3. The number of aromatic nitrogens is 3. The van der Waals surface area contributed by atoms with Crippen molar-refractivity contribution in [3.63, 3.8) is 0 Å². The Kier molecular flexibility index (Phi) is 4.49. The highest BCUT2D eigenvalue weighted by atomic mass is 79.9. The normalized spacial score (nSPS) is 10.7. The average Bonchev–Trinajstić information content (AvgIpc) is 2.71. The molecule has 0 fully saturated rings. The number of nitrogens with zero attached hydrogens (tertiary/aromatic N) is 3. The van der Waals surface area contributed by atoms with Crippen LogP contribution < -0.4 is 0 Å². The quantitative estimate of drug-likeness (QED) is 0.846. The zero-order chi connectivity index (χ0) is 14.0. The van der Waals surface area contributed by atoms with Crippen LogP contribution in [0.5, 0.6) is 0 Å². The number of rotatable bonds is 4. The minimum absolute atomic E-state index is 0.0671.